The highest BCUT2D eigenvalue weighted by molar-refractivity contribution is 7.09. The fourth-order valence-corrected chi connectivity index (χ4v) is 2.64. The molecule has 1 aliphatic rings. The molecule has 0 radical (unpaired) electrons. The summed E-state index contributed by atoms with van der Waals surface area (Å²) in [4.78, 5) is 1.54. The maximum absolute atomic E-state index is 3.37. The molecule has 0 amide bonds. The van der Waals surface area contributed by atoms with Crippen molar-refractivity contribution in [2.45, 2.75) is 19.8 Å². The van der Waals surface area contributed by atoms with Crippen molar-refractivity contribution in [3.8, 4) is 0 Å². The predicted molar refractivity (Wildman–Crippen MR) is 53.6 cm³/mol. The number of thiophene rings is 1. The maximum Gasteiger partial charge on any atom is 0.00517 e. The van der Waals surface area contributed by atoms with E-state index in [0.29, 0.717) is 5.41 Å². The Kier molecular flexibility index (Phi) is 2.20. The maximum atomic E-state index is 3.37. The molecule has 1 N–H and O–H groups in total. The Hall–Kier alpha value is -0.340. The van der Waals surface area contributed by atoms with Crippen molar-refractivity contribution in [3.63, 3.8) is 0 Å². The third kappa shape index (κ3) is 1.41. The summed E-state index contributed by atoms with van der Waals surface area (Å²) >= 11 is 1.89. The zero-order valence-corrected chi connectivity index (χ0v) is 8.29. The fraction of sp³-hybridized carbons (Fsp3) is 0.600. The molecule has 1 aliphatic heterocycles. The van der Waals surface area contributed by atoms with E-state index in [1.165, 1.54) is 25.9 Å². The van der Waals surface area contributed by atoms with Crippen LogP contribution in [0.5, 0.6) is 0 Å². The van der Waals surface area contributed by atoms with Gasteiger partial charge < -0.3 is 5.32 Å². The molecule has 0 atom stereocenters. The van der Waals surface area contributed by atoms with Crippen LogP contribution >= 0.6 is 11.3 Å². The van der Waals surface area contributed by atoms with Crippen LogP contribution in [0, 0.1) is 5.41 Å². The van der Waals surface area contributed by atoms with Crippen LogP contribution in [-0.2, 0) is 6.42 Å². The molecule has 1 aromatic heterocycles. The Morgan fingerprint density at radius 3 is 2.83 bits per heavy atom. The molecular weight excluding hydrogens is 166 g/mol. The first kappa shape index (κ1) is 8.27. The summed E-state index contributed by atoms with van der Waals surface area (Å²) in [7, 11) is 0. The molecule has 2 rings (SSSR count). The highest BCUT2D eigenvalue weighted by Gasteiger charge is 2.34. The van der Waals surface area contributed by atoms with Crippen molar-refractivity contribution in [3.05, 3.63) is 22.4 Å². The van der Waals surface area contributed by atoms with Crippen molar-refractivity contribution in [1.82, 2.24) is 5.32 Å². The molecule has 2 heterocycles. The summed E-state index contributed by atoms with van der Waals surface area (Å²) in [5.74, 6) is 0. The molecule has 1 fully saturated rings. The van der Waals surface area contributed by atoms with E-state index in [9.17, 15) is 0 Å². The van der Waals surface area contributed by atoms with Gasteiger partial charge in [-0.2, -0.15) is 0 Å². The Balaban J connectivity index is 2.01. The molecule has 0 aliphatic carbocycles. The molecular formula is C10H15NS. The number of hydrogen-bond donors (Lipinski definition) is 1. The van der Waals surface area contributed by atoms with Gasteiger partial charge in [0.25, 0.3) is 0 Å². The Morgan fingerprint density at radius 2 is 2.42 bits per heavy atom. The first-order valence-corrected chi connectivity index (χ1v) is 5.46. The van der Waals surface area contributed by atoms with Crippen molar-refractivity contribution >= 4 is 11.3 Å². The monoisotopic (exact) mass is 181 g/mol. The van der Waals surface area contributed by atoms with E-state index in [1.54, 1.807) is 4.88 Å². The van der Waals surface area contributed by atoms with Crippen LogP contribution in [-0.4, -0.2) is 13.1 Å². The average molecular weight is 181 g/mol. The topological polar surface area (TPSA) is 12.0 Å². The van der Waals surface area contributed by atoms with Gasteiger partial charge in [0.05, 0.1) is 0 Å². The first-order valence-electron chi connectivity index (χ1n) is 4.58. The number of hydrogen-bond acceptors (Lipinski definition) is 2. The predicted octanol–water partition coefficient (Wildman–Crippen LogP) is 2.29. The van der Waals surface area contributed by atoms with Gasteiger partial charge in [-0.1, -0.05) is 13.0 Å². The second-order valence-corrected chi connectivity index (χ2v) is 4.75. The Morgan fingerprint density at radius 1 is 1.58 bits per heavy atom. The van der Waals surface area contributed by atoms with Crippen LogP contribution in [0.15, 0.2) is 17.5 Å². The van der Waals surface area contributed by atoms with Crippen molar-refractivity contribution in [2.24, 2.45) is 5.41 Å². The van der Waals surface area contributed by atoms with Crippen LogP contribution in [0.25, 0.3) is 0 Å². The lowest BCUT2D eigenvalue weighted by Gasteiger charge is -2.42. The van der Waals surface area contributed by atoms with E-state index >= 15 is 0 Å². The summed E-state index contributed by atoms with van der Waals surface area (Å²) < 4.78 is 0. The van der Waals surface area contributed by atoms with E-state index < -0.39 is 0 Å². The first-order chi connectivity index (χ1) is 5.85. The van der Waals surface area contributed by atoms with Crippen molar-refractivity contribution in [1.29, 1.82) is 0 Å². The molecule has 0 saturated carbocycles. The SMILES string of the molecule is CCC1(Cc2cccs2)CNC1. The number of nitrogens with one attached hydrogen (secondary N) is 1. The summed E-state index contributed by atoms with van der Waals surface area (Å²) in [5.41, 5.74) is 0.588. The van der Waals surface area contributed by atoms with Crippen LogP contribution in [0.1, 0.15) is 18.2 Å². The lowest BCUT2D eigenvalue weighted by molar-refractivity contribution is 0.161. The van der Waals surface area contributed by atoms with Crippen molar-refractivity contribution in [2.75, 3.05) is 13.1 Å². The molecule has 1 aromatic rings. The second-order valence-electron chi connectivity index (χ2n) is 3.71. The quantitative estimate of drug-likeness (QED) is 0.754. The zero-order valence-electron chi connectivity index (χ0n) is 7.47. The van der Waals surface area contributed by atoms with E-state index in [0.717, 1.165) is 0 Å². The van der Waals surface area contributed by atoms with Gasteiger partial charge in [0.1, 0.15) is 0 Å². The van der Waals surface area contributed by atoms with Gasteiger partial charge in [0, 0.05) is 18.0 Å². The molecule has 1 nitrogen and oxygen atoms in total. The van der Waals surface area contributed by atoms with Gasteiger partial charge in [-0.15, -0.1) is 11.3 Å². The minimum atomic E-state index is 0.588. The smallest absolute Gasteiger partial charge is 0.00517 e. The Labute approximate surface area is 77.8 Å². The van der Waals surface area contributed by atoms with Crippen LogP contribution < -0.4 is 5.32 Å². The summed E-state index contributed by atoms with van der Waals surface area (Å²) in [6.07, 6.45) is 2.58. The van der Waals surface area contributed by atoms with Crippen LogP contribution in [0.3, 0.4) is 0 Å². The molecule has 0 bridgehead atoms. The van der Waals surface area contributed by atoms with E-state index in [-0.39, 0.29) is 0 Å². The van der Waals surface area contributed by atoms with E-state index in [4.69, 9.17) is 0 Å². The van der Waals surface area contributed by atoms with E-state index in [1.807, 2.05) is 11.3 Å². The zero-order chi connectivity index (χ0) is 8.44. The van der Waals surface area contributed by atoms with E-state index in [2.05, 4.69) is 29.8 Å². The molecule has 0 aromatic carbocycles. The average Bonchev–Trinajstić information content (AvgIpc) is 2.49. The summed E-state index contributed by atoms with van der Waals surface area (Å²) in [5, 5.41) is 5.54. The summed E-state index contributed by atoms with van der Waals surface area (Å²) in [6.45, 7) is 4.72. The van der Waals surface area contributed by atoms with Gasteiger partial charge in [0.2, 0.25) is 0 Å². The fourth-order valence-electron chi connectivity index (χ4n) is 1.76. The van der Waals surface area contributed by atoms with Crippen molar-refractivity contribution < 1.29 is 0 Å². The highest BCUT2D eigenvalue weighted by atomic mass is 32.1. The van der Waals surface area contributed by atoms with Gasteiger partial charge in [-0.3, -0.25) is 0 Å². The molecule has 0 spiro atoms. The summed E-state index contributed by atoms with van der Waals surface area (Å²) in [6, 6.07) is 4.40. The standard InChI is InChI=1S/C10H15NS/c1-2-10(7-11-8-10)6-9-4-3-5-12-9/h3-5,11H,2,6-8H2,1H3. The lowest BCUT2D eigenvalue weighted by atomic mass is 9.76. The van der Waals surface area contributed by atoms with Gasteiger partial charge >= 0.3 is 0 Å². The van der Waals surface area contributed by atoms with Crippen LogP contribution in [0.2, 0.25) is 0 Å². The van der Waals surface area contributed by atoms with Gasteiger partial charge in [-0.25, -0.2) is 0 Å². The minimum Gasteiger partial charge on any atom is -0.316 e. The molecule has 1 saturated heterocycles. The molecule has 12 heavy (non-hydrogen) atoms. The van der Waals surface area contributed by atoms with Gasteiger partial charge in [-0.05, 0) is 29.7 Å². The minimum absolute atomic E-state index is 0.588. The van der Waals surface area contributed by atoms with Gasteiger partial charge in [0.15, 0.2) is 0 Å². The third-order valence-electron chi connectivity index (χ3n) is 2.88. The highest BCUT2D eigenvalue weighted by Crippen LogP contribution is 2.32. The molecule has 66 valence electrons. The largest absolute Gasteiger partial charge is 0.316 e. The molecule has 2 heteroatoms. The number of rotatable bonds is 3. The molecule has 0 unspecified atom stereocenters. The normalized spacial score (nSPS) is 20.4. The lowest BCUT2D eigenvalue weighted by Crippen LogP contribution is -2.54. The van der Waals surface area contributed by atoms with Crippen LogP contribution in [0.4, 0.5) is 0 Å². The Bertz CT molecular complexity index is 231. The third-order valence-corrected chi connectivity index (χ3v) is 3.76. The second kappa shape index (κ2) is 3.19.